The van der Waals surface area contributed by atoms with Gasteiger partial charge in [-0.2, -0.15) is 0 Å². The van der Waals surface area contributed by atoms with Gasteiger partial charge in [-0.3, -0.25) is 9.69 Å². The molecule has 1 amide bonds. The van der Waals surface area contributed by atoms with Crippen LogP contribution < -0.4 is 0 Å². The fourth-order valence-corrected chi connectivity index (χ4v) is 4.90. The van der Waals surface area contributed by atoms with Gasteiger partial charge in [-0.1, -0.05) is 6.92 Å². The van der Waals surface area contributed by atoms with Crippen LogP contribution in [0, 0.1) is 11.3 Å². The van der Waals surface area contributed by atoms with E-state index in [9.17, 15) is 9.90 Å². The monoisotopic (exact) mass is 385 g/mol. The van der Waals surface area contributed by atoms with E-state index in [0.717, 1.165) is 63.4 Å². The third-order valence-electron chi connectivity index (χ3n) is 6.83. The van der Waals surface area contributed by atoms with Crippen LogP contribution in [-0.4, -0.2) is 68.6 Å². The number of aliphatic hydroxyl groups excluding tert-OH is 1. The zero-order valence-electron chi connectivity index (χ0n) is 16.7. The van der Waals surface area contributed by atoms with Gasteiger partial charge in [0.1, 0.15) is 11.5 Å². The highest BCUT2D eigenvalue weighted by Gasteiger charge is 2.45. The summed E-state index contributed by atoms with van der Waals surface area (Å²) in [7, 11) is 0. The number of piperidine rings is 2. The van der Waals surface area contributed by atoms with Crippen molar-refractivity contribution in [3.63, 3.8) is 0 Å². The Bertz CT molecular complexity index is 777. The molecule has 2 fully saturated rings. The summed E-state index contributed by atoms with van der Waals surface area (Å²) in [5, 5.41) is 10.1. The molecular formula is C21H31N5O2. The summed E-state index contributed by atoms with van der Waals surface area (Å²) < 4.78 is 0. The molecule has 7 nitrogen and oxygen atoms in total. The van der Waals surface area contributed by atoms with Crippen LogP contribution in [0.15, 0.2) is 24.5 Å². The molecule has 4 rings (SSSR count). The average Bonchev–Trinajstić information content (AvgIpc) is 3.41. The molecule has 0 bridgehead atoms. The number of hydrogen-bond acceptors (Lipinski definition) is 4. The normalized spacial score (nSPS) is 22.6. The SMILES string of the molecule is CCc1ccc(C(=O)N2CCC3(CCN(Cc4ncc[nH]4)CC3)C(CO)C2)[nH]1. The molecule has 0 radical (unpaired) electrons. The van der Waals surface area contributed by atoms with Gasteiger partial charge in [0.25, 0.3) is 5.91 Å². The number of aromatic amines is 2. The van der Waals surface area contributed by atoms with Crippen LogP contribution >= 0.6 is 0 Å². The number of hydrogen-bond donors (Lipinski definition) is 3. The molecule has 0 aliphatic carbocycles. The molecule has 2 aromatic heterocycles. The summed E-state index contributed by atoms with van der Waals surface area (Å²) in [5.41, 5.74) is 1.90. The Hall–Kier alpha value is -2.12. The first kappa shape index (κ1) is 19.2. The van der Waals surface area contributed by atoms with Gasteiger partial charge < -0.3 is 20.0 Å². The summed E-state index contributed by atoms with van der Waals surface area (Å²) in [4.78, 5) is 28.0. The van der Waals surface area contributed by atoms with Crippen LogP contribution in [0.25, 0.3) is 0 Å². The van der Waals surface area contributed by atoms with Gasteiger partial charge in [0.05, 0.1) is 6.54 Å². The molecule has 2 saturated heterocycles. The van der Waals surface area contributed by atoms with E-state index in [1.165, 1.54) is 0 Å². The van der Waals surface area contributed by atoms with E-state index in [-0.39, 0.29) is 23.8 Å². The molecule has 3 N–H and O–H groups in total. The Kier molecular flexibility index (Phi) is 5.55. The lowest BCUT2D eigenvalue weighted by Gasteiger charge is -2.51. The minimum atomic E-state index is 0.0586. The standard InChI is InChI=1S/C21H31N5O2/c1-2-17-3-4-18(24-17)20(28)26-12-7-21(16(13-26)15-27)5-10-25(11-6-21)14-19-22-8-9-23-19/h3-4,8-9,16,24,27H,2,5-7,10-15H2,1H3,(H,22,23). The summed E-state index contributed by atoms with van der Waals surface area (Å²) in [6, 6.07) is 3.86. The van der Waals surface area contributed by atoms with E-state index >= 15 is 0 Å². The van der Waals surface area contributed by atoms with E-state index < -0.39 is 0 Å². The van der Waals surface area contributed by atoms with Crippen molar-refractivity contribution in [2.45, 2.75) is 39.2 Å². The fourth-order valence-electron chi connectivity index (χ4n) is 4.90. The van der Waals surface area contributed by atoms with Crippen LogP contribution in [0.2, 0.25) is 0 Å². The smallest absolute Gasteiger partial charge is 0.270 e. The van der Waals surface area contributed by atoms with Crippen LogP contribution in [0.5, 0.6) is 0 Å². The maximum atomic E-state index is 12.9. The second-order valence-electron chi connectivity index (χ2n) is 8.31. The highest BCUT2D eigenvalue weighted by atomic mass is 16.3. The predicted octanol–water partition coefficient (Wildman–Crippen LogP) is 2.04. The summed E-state index contributed by atoms with van der Waals surface area (Å²) >= 11 is 0. The first-order chi connectivity index (χ1) is 13.6. The molecule has 28 heavy (non-hydrogen) atoms. The maximum Gasteiger partial charge on any atom is 0.270 e. The van der Waals surface area contributed by atoms with Crippen molar-refractivity contribution < 1.29 is 9.90 Å². The highest BCUT2D eigenvalue weighted by Crippen LogP contribution is 2.45. The molecule has 2 aliphatic rings. The van der Waals surface area contributed by atoms with Crippen molar-refractivity contribution >= 4 is 5.91 Å². The van der Waals surface area contributed by atoms with Gasteiger partial charge in [0, 0.05) is 43.7 Å². The summed E-state index contributed by atoms with van der Waals surface area (Å²) in [6.45, 7) is 6.52. The number of rotatable bonds is 5. The topological polar surface area (TPSA) is 88.2 Å². The van der Waals surface area contributed by atoms with Crippen molar-refractivity contribution in [3.8, 4) is 0 Å². The third kappa shape index (κ3) is 3.73. The Balaban J connectivity index is 1.37. The lowest BCUT2D eigenvalue weighted by atomic mass is 9.64. The minimum Gasteiger partial charge on any atom is -0.396 e. The number of H-pyrrole nitrogens is 2. The Morgan fingerprint density at radius 1 is 1.29 bits per heavy atom. The number of aromatic nitrogens is 3. The third-order valence-corrected chi connectivity index (χ3v) is 6.83. The zero-order valence-corrected chi connectivity index (χ0v) is 16.7. The number of nitrogens with zero attached hydrogens (tertiary/aromatic N) is 3. The van der Waals surface area contributed by atoms with Crippen LogP contribution in [0.3, 0.4) is 0 Å². The van der Waals surface area contributed by atoms with Crippen molar-refractivity contribution in [3.05, 3.63) is 41.7 Å². The average molecular weight is 386 g/mol. The number of aryl methyl sites for hydroxylation is 1. The number of amides is 1. The summed E-state index contributed by atoms with van der Waals surface area (Å²) in [6.07, 6.45) is 7.67. The molecule has 2 aliphatic heterocycles. The van der Waals surface area contributed by atoms with E-state index in [1.807, 2.05) is 23.2 Å². The number of carbonyl (C=O) groups is 1. The number of imidazole rings is 1. The molecule has 1 atom stereocenters. The first-order valence-electron chi connectivity index (χ1n) is 10.4. The van der Waals surface area contributed by atoms with Crippen molar-refractivity contribution in [2.24, 2.45) is 11.3 Å². The van der Waals surface area contributed by atoms with Crippen molar-refractivity contribution in [1.82, 2.24) is 24.8 Å². The van der Waals surface area contributed by atoms with Crippen LogP contribution in [0.4, 0.5) is 0 Å². The predicted molar refractivity (Wildman–Crippen MR) is 107 cm³/mol. The largest absolute Gasteiger partial charge is 0.396 e. The van der Waals surface area contributed by atoms with Gasteiger partial charge in [-0.05, 0) is 56.3 Å². The first-order valence-corrected chi connectivity index (χ1v) is 10.4. The number of aliphatic hydroxyl groups is 1. The van der Waals surface area contributed by atoms with Gasteiger partial charge in [0.15, 0.2) is 0 Å². The fraction of sp³-hybridized carbons (Fsp3) is 0.619. The molecule has 2 aromatic rings. The minimum absolute atomic E-state index is 0.0586. The maximum absolute atomic E-state index is 12.9. The van der Waals surface area contributed by atoms with Crippen LogP contribution in [0.1, 0.15) is 48.2 Å². The molecule has 0 aromatic carbocycles. The Morgan fingerprint density at radius 3 is 2.71 bits per heavy atom. The molecule has 0 saturated carbocycles. The molecule has 1 spiro atoms. The van der Waals surface area contributed by atoms with E-state index in [1.54, 1.807) is 6.20 Å². The van der Waals surface area contributed by atoms with Crippen molar-refractivity contribution in [2.75, 3.05) is 32.8 Å². The molecule has 1 unspecified atom stereocenters. The lowest BCUT2D eigenvalue weighted by Crippen LogP contribution is -2.54. The zero-order chi connectivity index (χ0) is 19.6. The van der Waals surface area contributed by atoms with Crippen molar-refractivity contribution in [1.29, 1.82) is 0 Å². The Labute approximate surface area is 166 Å². The van der Waals surface area contributed by atoms with E-state index in [0.29, 0.717) is 12.2 Å². The number of carbonyl (C=O) groups excluding carboxylic acids is 1. The second-order valence-corrected chi connectivity index (χ2v) is 8.31. The van der Waals surface area contributed by atoms with Gasteiger partial charge in [-0.25, -0.2) is 4.98 Å². The van der Waals surface area contributed by atoms with Gasteiger partial charge in [-0.15, -0.1) is 0 Å². The number of nitrogens with one attached hydrogen (secondary N) is 2. The Morgan fingerprint density at radius 2 is 2.07 bits per heavy atom. The van der Waals surface area contributed by atoms with Gasteiger partial charge >= 0.3 is 0 Å². The second kappa shape index (κ2) is 8.09. The highest BCUT2D eigenvalue weighted by molar-refractivity contribution is 5.92. The quantitative estimate of drug-likeness (QED) is 0.735. The molecule has 4 heterocycles. The van der Waals surface area contributed by atoms with E-state index in [4.69, 9.17) is 0 Å². The van der Waals surface area contributed by atoms with E-state index in [2.05, 4.69) is 26.8 Å². The molecule has 7 heteroatoms. The van der Waals surface area contributed by atoms with Gasteiger partial charge in [0.2, 0.25) is 0 Å². The summed E-state index contributed by atoms with van der Waals surface area (Å²) in [5.74, 6) is 1.22. The molecule has 152 valence electrons. The van der Waals surface area contributed by atoms with Crippen LogP contribution in [-0.2, 0) is 13.0 Å². The number of likely N-dealkylation sites (tertiary alicyclic amines) is 2. The molecular weight excluding hydrogens is 354 g/mol. The lowest BCUT2D eigenvalue weighted by molar-refractivity contribution is -0.0369.